The van der Waals surface area contributed by atoms with Crippen molar-refractivity contribution in [2.45, 2.75) is 65.3 Å². The summed E-state index contributed by atoms with van der Waals surface area (Å²) in [6.07, 6.45) is 6.06. The minimum Gasteiger partial charge on any atom is -0.301 e. The number of fused-ring (bicyclic) bond motifs is 1. The summed E-state index contributed by atoms with van der Waals surface area (Å²) in [5.41, 5.74) is 0.672. The first kappa shape index (κ1) is 16.3. The second-order valence-corrected chi connectivity index (χ2v) is 9.52. The molecule has 0 aromatic carbocycles. The van der Waals surface area contributed by atoms with E-state index in [1.54, 1.807) is 0 Å². The van der Waals surface area contributed by atoms with Crippen LogP contribution < -0.4 is 0 Å². The molecule has 1 saturated carbocycles. The van der Waals surface area contributed by atoms with Crippen LogP contribution in [-0.4, -0.2) is 48.1 Å². The molecule has 0 amide bonds. The van der Waals surface area contributed by atoms with Gasteiger partial charge in [0.15, 0.2) is 0 Å². The number of nitriles is 1. The number of hydrogen-bond acceptors (Lipinski definition) is 3. The summed E-state index contributed by atoms with van der Waals surface area (Å²) >= 11 is 0. The third-order valence-corrected chi connectivity index (χ3v) is 6.56. The maximum atomic E-state index is 9.73. The van der Waals surface area contributed by atoms with E-state index in [0.29, 0.717) is 5.41 Å². The maximum absolute atomic E-state index is 9.73. The molecule has 2 saturated heterocycles. The lowest BCUT2D eigenvalue weighted by molar-refractivity contribution is 0.118. The molecule has 0 bridgehead atoms. The van der Waals surface area contributed by atoms with Gasteiger partial charge in [0.05, 0.1) is 11.5 Å². The molecule has 3 fully saturated rings. The van der Waals surface area contributed by atoms with Crippen molar-refractivity contribution in [1.82, 2.24) is 9.80 Å². The van der Waals surface area contributed by atoms with E-state index in [9.17, 15) is 5.26 Å². The molecular formula is C19H33N3. The molecule has 0 unspecified atom stereocenters. The summed E-state index contributed by atoms with van der Waals surface area (Å²) in [7, 11) is 0. The number of hydrogen-bond donors (Lipinski definition) is 0. The van der Waals surface area contributed by atoms with Crippen molar-refractivity contribution in [2.24, 2.45) is 16.7 Å². The summed E-state index contributed by atoms with van der Waals surface area (Å²) in [5, 5.41) is 9.73. The molecule has 0 aromatic rings. The van der Waals surface area contributed by atoms with Crippen LogP contribution in [0.2, 0.25) is 0 Å². The van der Waals surface area contributed by atoms with Crippen LogP contribution in [-0.2, 0) is 0 Å². The van der Waals surface area contributed by atoms with Crippen LogP contribution in [0.1, 0.15) is 59.8 Å². The fraction of sp³-hybridized carbons (Fsp3) is 0.947. The number of rotatable bonds is 2. The van der Waals surface area contributed by atoms with Gasteiger partial charge in [-0.3, -0.25) is 4.90 Å². The van der Waals surface area contributed by atoms with Crippen LogP contribution in [0.3, 0.4) is 0 Å². The first-order valence-corrected chi connectivity index (χ1v) is 9.15. The van der Waals surface area contributed by atoms with Gasteiger partial charge in [0.1, 0.15) is 0 Å². The third-order valence-electron chi connectivity index (χ3n) is 6.56. The Kier molecular flexibility index (Phi) is 4.06. The van der Waals surface area contributed by atoms with Crippen molar-refractivity contribution in [3.63, 3.8) is 0 Å². The minimum absolute atomic E-state index is 0.0447. The molecule has 1 aliphatic carbocycles. The Labute approximate surface area is 136 Å². The Hall–Kier alpha value is -0.590. The Morgan fingerprint density at radius 1 is 1.09 bits per heavy atom. The summed E-state index contributed by atoms with van der Waals surface area (Å²) in [6.45, 7) is 15.3. The van der Waals surface area contributed by atoms with Crippen molar-refractivity contribution in [3.05, 3.63) is 0 Å². The van der Waals surface area contributed by atoms with Crippen LogP contribution in [0.5, 0.6) is 0 Å². The lowest BCUT2D eigenvalue weighted by Crippen LogP contribution is -2.44. The second-order valence-electron chi connectivity index (χ2n) is 9.52. The maximum Gasteiger partial charge on any atom is 0.0703 e. The molecule has 2 atom stereocenters. The topological polar surface area (TPSA) is 30.3 Å². The number of likely N-dealkylation sites (tertiary alicyclic amines) is 2. The van der Waals surface area contributed by atoms with Gasteiger partial charge in [-0.05, 0) is 44.9 Å². The summed E-state index contributed by atoms with van der Waals surface area (Å²) in [4.78, 5) is 5.29. The molecule has 2 heterocycles. The molecule has 0 aromatic heterocycles. The smallest absolute Gasteiger partial charge is 0.0703 e. The van der Waals surface area contributed by atoms with Crippen LogP contribution >= 0.6 is 0 Å². The SMILES string of the molecule is CC(C)(C)N1C[C@H]2CN(CC3(C#N)CCCCC3)C[C@@]2(C)C1. The van der Waals surface area contributed by atoms with E-state index < -0.39 is 0 Å². The minimum atomic E-state index is -0.0447. The largest absolute Gasteiger partial charge is 0.301 e. The predicted octanol–water partition coefficient (Wildman–Crippen LogP) is 3.51. The van der Waals surface area contributed by atoms with Crippen molar-refractivity contribution in [1.29, 1.82) is 5.26 Å². The molecule has 0 radical (unpaired) electrons. The lowest BCUT2D eigenvalue weighted by Gasteiger charge is -2.37. The van der Waals surface area contributed by atoms with E-state index in [0.717, 1.165) is 25.3 Å². The second kappa shape index (κ2) is 5.49. The monoisotopic (exact) mass is 303 g/mol. The molecule has 3 rings (SSSR count). The molecule has 3 aliphatic rings. The molecule has 3 heteroatoms. The molecule has 0 N–H and O–H groups in total. The van der Waals surface area contributed by atoms with Gasteiger partial charge >= 0.3 is 0 Å². The zero-order chi connectivity index (χ0) is 16.0. The van der Waals surface area contributed by atoms with Gasteiger partial charge in [0.25, 0.3) is 0 Å². The van der Waals surface area contributed by atoms with E-state index in [-0.39, 0.29) is 11.0 Å². The van der Waals surface area contributed by atoms with Gasteiger partial charge in [0.2, 0.25) is 0 Å². The van der Waals surface area contributed by atoms with Crippen LogP contribution in [0, 0.1) is 28.1 Å². The van der Waals surface area contributed by atoms with Gasteiger partial charge in [-0.15, -0.1) is 0 Å². The van der Waals surface area contributed by atoms with Gasteiger partial charge in [-0.2, -0.15) is 5.26 Å². The van der Waals surface area contributed by atoms with E-state index in [1.165, 1.54) is 45.4 Å². The molecule has 3 nitrogen and oxygen atoms in total. The highest BCUT2D eigenvalue weighted by Crippen LogP contribution is 2.46. The zero-order valence-corrected chi connectivity index (χ0v) is 15.0. The average molecular weight is 303 g/mol. The van der Waals surface area contributed by atoms with Crippen LogP contribution in [0.25, 0.3) is 0 Å². The Bertz CT molecular complexity index is 452. The van der Waals surface area contributed by atoms with Crippen molar-refractivity contribution >= 4 is 0 Å². The first-order valence-electron chi connectivity index (χ1n) is 9.15. The molecule has 0 spiro atoms. The van der Waals surface area contributed by atoms with Crippen molar-refractivity contribution in [2.75, 3.05) is 32.7 Å². The van der Waals surface area contributed by atoms with Gasteiger partial charge in [0, 0.05) is 38.3 Å². The highest BCUT2D eigenvalue weighted by atomic mass is 15.3. The zero-order valence-electron chi connectivity index (χ0n) is 15.0. The van der Waals surface area contributed by atoms with E-state index in [1.807, 2.05) is 0 Å². The fourth-order valence-electron chi connectivity index (χ4n) is 5.05. The predicted molar refractivity (Wildman–Crippen MR) is 90.5 cm³/mol. The Morgan fingerprint density at radius 2 is 1.77 bits per heavy atom. The Balaban J connectivity index is 1.64. The average Bonchev–Trinajstić information content (AvgIpc) is 2.90. The molecule has 124 valence electrons. The normalized spacial score (nSPS) is 36.2. The summed E-state index contributed by atoms with van der Waals surface area (Å²) < 4.78 is 0. The van der Waals surface area contributed by atoms with E-state index in [4.69, 9.17) is 0 Å². The molecular weight excluding hydrogens is 270 g/mol. The highest BCUT2D eigenvalue weighted by molar-refractivity contribution is 5.08. The first-order chi connectivity index (χ1) is 10.3. The quantitative estimate of drug-likeness (QED) is 0.782. The third kappa shape index (κ3) is 2.93. The Morgan fingerprint density at radius 3 is 2.32 bits per heavy atom. The van der Waals surface area contributed by atoms with E-state index >= 15 is 0 Å². The van der Waals surface area contributed by atoms with Gasteiger partial charge in [-0.1, -0.05) is 26.2 Å². The summed E-state index contributed by atoms with van der Waals surface area (Å²) in [5.74, 6) is 0.783. The molecule has 22 heavy (non-hydrogen) atoms. The van der Waals surface area contributed by atoms with Crippen LogP contribution in [0.15, 0.2) is 0 Å². The van der Waals surface area contributed by atoms with E-state index in [2.05, 4.69) is 43.6 Å². The van der Waals surface area contributed by atoms with Gasteiger partial charge in [-0.25, -0.2) is 0 Å². The molecule has 2 aliphatic heterocycles. The van der Waals surface area contributed by atoms with Crippen molar-refractivity contribution in [3.8, 4) is 6.07 Å². The van der Waals surface area contributed by atoms with Gasteiger partial charge < -0.3 is 4.90 Å². The fourth-order valence-corrected chi connectivity index (χ4v) is 5.05. The van der Waals surface area contributed by atoms with Crippen LogP contribution in [0.4, 0.5) is 0 Å². The standard InChI is InChI=1S/C19H33N3/c1-17(2,3)22-11-16-10-21(13-18(16,4)14-22)15-19(12-20)8-6-5-7-9-19/h16H,5-11,13-15H2,1-4H3/t16-,18+/m1/s1. The van der Waals surface area contributed by atoms with Crippen molar-refractivity contribution < 1.29 is 0 Å². The summed E-state index contributed by atoms with van der Waals surface area (Å²) in [6, 6.07) is 2.70. The highest BCUT2D eigenvalue weighted by Gasteiger charge is 2.52. The number of nitrogens with zero attached hydrogens (tertiary/aromatic N) is 3. The lowest BCUT2D eigenvalue weighted by atomic mass is 9.75.